The third kappa shape index (κ3) is 4.86. The van der Waals surface area contributed by atoms with Gasteiger partial charge in [0.2, 0.25) is 0 Å². The van der Waals surface area contributed by atoms with E-state index in [-0.39, 0.29) is 18.7 Å². The molecule has 23 heavy (non-hydrogen) atoms. The largest absolute Gasteiger partial charge is 0.494 e. The number of benzene rings is 2. The fourth-order valence-electron chi connectivity index (χ4n) is 2.16. The van der Waals surface area contributed by atoms with Gasteiger partial charge in [0.05, 0.1) is 19.3 Å². The molecular formula is C18H24N2O3. The molecule has 0 bridgehead atoms. The van der Waals surface area contributed by atoms with Gasteiger partial charge in [-0.3, -0.25) is 0 Å². The molecule has 0 aliphatic rings. The van der Waals surface area contributed by atoms with Gasteiger partial charge in [0.1, 0.15) is 5.75 Å². The van der Waals surface area contributed by atoms with E-state index >= 15 is 0 Å². The predicted octanol–water partition coefficient (Wildman–Crippen LogP) is 2.63. The van der Waals surface area contributed by atoms with Crippen molar-refractivity contribution in [3.63, 3.8) is 0 Å². The Labute approximate surface area is 136 Å². The van der Waals surface area contributed by atoms with Gasteiger partial charge in [0.25, 0.3) is 0 Å². The second-order valence-corrected chi connectivity index (χ2v) is 5.59. The Morgan fingerprint density at radius 1 is 1.26 bits per heavy atom. The quantitative estimate of drug-likeness (QED) is 0.772. The Morgan fingerprint density at radius 3 is 2.74 bits per heavy atom. The molecule has 2 aromatic carbocycles. The number of carbonyl (C=O) groups excluding carboxylic acids is 1. The van der Waals surface area contributed by atoms with Gasteiger partial charge in [0.15, 0.2) is 0 Å². The van der Waals surface area contributed by atoms with Crippen molar-refractivity contribution in [3.05, 3.63) is 42.5 Å². The molecule has 5 nitrogen and oxygen atoms in total. The molecule has 1 atom stereocenters. The lowest BCUT2D eigenvalue weighted by molar-refractivity contribution is 0.157. The SMILES string of the molecule is CC(CO)N(C)C(=O)NCCCOc1ccc2ccccc2c1. The van der Waals surface area contributed by atoms with Gasteiger partial charge in [-0.25, -0.2) is 4.79 Å². The summed E-state index contributed by atoms with van der Waals surface area (Å²) in [6.45, 7) is 2.82. The molecule has 2 amide bonds. The molecule has 2 rings (SSSR count). The Bertz CT molecular complexity index is 645. The van der Waals surface area contributed by atoms with Crippen molar-refractivity contribution in [1.29, 1.82) is 0 Å². The number of rotatable bonds is 7. The lowest BCUT2D eigenvalue weighted by Gasteiger charge is -2.23. The van der Waals surface area contributed by atoms with Crippen LogP contribution >= 0.6 is 0 Å². The standard InChI is InChI=1S/C18H24N2O3/c1-14(13-21)20(2)18(22)19-10-5-11-23-17-9-8-15-6-3-4-7-16(15)12-17/h3-4,6-9,12,14,21H,5,10-11,13H2,1-2H3,(H,19,22). The number of hydrogen-bond donors (Lipinski definition) is 2. The molecule has 0 aliphatic heterocycles. The second kappa shape index (κ2) is 8.39. The number of hydrogen-bond acceptors (Lipinski definition) is 3. The van der Waals surface area contributed by atoms with Crippen molar-refractivity contribution < 1.29 is 14.6 Å². The molecule has 0 saturated heterocycles. The summed E-state index contributed by atoms with van der Waals surface area (Å²) in [6, 6.07) is 13.8. The predicted molar refractivity (Wildman–Crippen MR) is 91.8 cm³/mol. The van der Waals surface area contributed by atoms with Crippen LogP contribution in [-0.2, 0) is 0 Å². The first-order chi connectivity index (χ1) is 11.1. The molecule has 0 radical (unpaired) electrons. The second-order valence-electron chi connectivity index (χ2n) is 5.59. The van der Waals surface area contributed by atoms with Crippen molar-refractivity contribution in [2.45, 2.75) is 19.4 Å². The third-order valence-corrected chi connectivity index (χ3v) is 3.83. The van der Waals surface area contributed by atoms with Crippen molar-refractivity contribution >= 4 is 16.8 Å². The highest BCUT2D eigenvalue weighted by Crippen LogP contribution is 2.20. The summed E-state index contributed by atoms with van der Waals surface area (Å²) in [5, 5.41) is 14.2. The van der Waals surface area contributed by atoms with Crippen LogP contribution in [0.5, 0.6) is 5.75 Å². The van der Waals surface area contributed by atoms with Crippen molar-refractivity contribution in [2.75, 3.05) is 26.8 Å². The number of urea groups is 1. The highest BCUT2D eigenvalue weighted by molar-refractivity contribution is 5.83. The number of nitrogens with one attached hydrogen (secondary N) is 1. The molecule has 0 spiro atoms. The van der Waals surface area contributed by atoms with Gasteiger partial charge in [-0.1, -0.05) is 30.3 Å². The summed E-state index contributed by atoms with van der Waals surface area (Å²) in [6.07, 6.45) is 0.722. The van der Waals surface area contributed by atoms with Crippen LogP contribution in [0.25, 0.3) is 10.8 Å². The van der Waals surface area contributed by atoms with Crippen molar-refractivity contribution in [2.24, 2.45) is 0 Å². The van der Waals surface area contributed by atoms with E-state index in [4.69, 9.17) is 9.84 Å². The molecule has 0 aliphatic carbocycles. The lowest BCUT2D eigenvalue weighted by Crippen LogP contribution is -2.44. The molecule has 0 saturated carbocycles. The van der Waals surface area contributed by atoms with E-state index in [0.717, 1.165) is 17.6 Å². The van der Waals surface area contributed by atoms with Gasteiger partial charge >= 0.3 is 6.03 Å². The summed E-state index contributed by atoms with van der Waals surface area (Å²) < 4.78 is 5.72. The van der Waals surface area contributed by atoms with Gasteiger partial charge < -0.3 is 20.1 Å². The van der Waals surface area contributed by atoms with Crippen LogP contribution in [0.2, 0.25) is 0 Å². The van der Waals surface area contributed by atoms with Crippen LogP contribution in [0.4, 0.5) is 4.79 Å². The highest BCUT2D eigenvalue weighted by Gasteiger charge is 2.13. The lowest BCUT2D eigenvalue weighted by atomic mass is 10.1. The maximum Gasteiger partial charge on any atom is 0.317 e. The molecular weight excluding hydrogens is 292 g/mol. The van der Waals surface area contributed by atoms with E-state index in [9.17, 15) is 4.79 Å². The third-order valence-electron chi connectivity index (χ3n) is 3.83. The van der Waals surface area contributed by atoms with Crippen LogP contribution in [0, 0.1) is 0 Å². The smallest absolute Gasteiger partial charge is 0.317 e. The zero-order valence-corrected chi connectivity index (χ0v) is 13.7. The number of likely N-dealkylation sites (N-methyl/N-ethyl adjacent to an activating group) is 1. The fourth-order valence-corrected chi connectivity index (χ4v) is 2.16. The maximum absolute atomic E-state index is 11.8. The molecule has 124 valence electrons. The van der Waals surface area contributed by atoms with E-state index in [1.54, 1.807) is 14.0 Å². The van der Waals surface area contributed by atoms with Gasteiger partial charge in [-0.2, -0.15) is 0 Å². The molecule has 2 aromatic rings. The minimum Gasteiger partial charge on any atom is -0.494 e. The number of nitrogens with zero attached hydrogens (tertiary/aromatic N) is 1. The number of amides is 2. The number of aliphatic hydroxyl groups excluding tert-OH is 1. The van der Waals surface area contributed by atoms with E-state index in [2.05, 4.69) is 17.4 Å². The van der Waals surface area contributed by atoms with E-state index in [1.165, 1.54) is 10.3 Å². The minimum absolute atomic E-state index is 0.0466. The van der Waals surface area contributed by atoms with Crippen molar-refractivity contribution in [1.82, 2.24) is 10.2 Å². The van der Waals surface area contributed by atoms with Gasteiger partial charge in [0, 0.05) is 13.6 Å². The molecule has 0 heterocycles. The Morgan fingerprint density at radius 2 is 2.00 bits per heavy atom. The number of ether oxygens (including phenoxy) is 1. The topological polar surface area (TPSA) is 61.8 Å². The number of fused-ring (bicyclic) bond motifs is 1. The first-order valence-corrected chi connectivity index (χ1v) is 7.85. The summed E-state index contributed by atoms with van der Waals surface area (Å²) in [5.74, 6) is 0.834. The summed E-state index contributed by atoms with van der Waals surface area (Å²) in [5.41, 5.74) is 0. The summed E-state index contributed by atoms with van der Waals surface area (Å²) >= 11 is 0. The van der Waals surface area contributed by atoms with Crippen LogP contribution in [0.1, 0.15) is 13.3 Å². The average molecular weight is 316 g/mol. The minimum atomic E-state index is -0.191. The van der Waals surface area contributed by atoms with Gasteiger partial charge in [-0.05, 0) is 36.2 Å². The molecule has 1 unspecified atom stereocenters. The van der Waals surface area contributed by atoms with E-state index in [1.807, 2.05) is 30.3 Å². The maximum atomic E-state index is 11.8. The van der Waals surface area contributed by atoms with Crippen LogP contribution in [-0.4, -0.2) is 48.9 Å². The molecule has 5 heteroatoms. The summed E-state index contributed by atoms with van der Waals surface area (Å²) in [7, 11) is 1.67. The zero-order valence-electron chi connectivity index (χ0n) is 13.7. The fraction of sp³-hybridized carbons (Fsp3) is 0.389. The normalized spacial score (nSPS) is 12.0. The van der Waals surface area contributed by atoms with Gasteiger partial charge in [-0.15, -0.1) is 0 Å². The first kappa shape index (κ1) is 17.1. The monoisotopic (exact) mass is 316 g/mol. The first-order valence-electron chi connectivity index (χ1n) is 7.85. The molecule has 0 aromatic heterocycles. The highest BCUT2D eigenvalue weighted by atomic mass is 16.5. The Balaban J connectivity index is 1.71. The van der Waals surface area contributed by atoms with E-state index < -0.39 is 0 Å². The van der Waals surface area contributed by atoms with E-state index in [0.29, 0.717) is 13.2 Å². The van der Waals surface area contributed by atoms with Crippen LogP contribution < -0.4 is 10.1 Å². The number of carbonyl (C=O) groups is 1. The van der Waals surface area contributed by atoms with Crippen LogP contribution in [0.3, 0.4) is 0 Å². The average Bonchev–Trinajstić information content (AvgIpc) is 2.59. The Kier molecular flexibility index (Phi) is 6.23. The Hall–Kier alpha value is -2.27. The molecule has 0 fully saturated rings. The van der Waals surface area contributed by atoms with Crippen LogP contribution in [0.15, 0.2) is 42.5 Å². The number of aliphatic hydroxyl groups is 1. The summed E-state index contributed by atoms with van der Waals surface area (Å²) in [4.78, 5) is 13.3. The zero-order chi connectivity index (χ0) is 16.7. The van der Waals surface area contributed by atoms with Crippen molar-refractivity contribution in [3.8, 4) is 5.75 Å². The molecule has 2 N–H and O–H groups in total.